The number of phenols is 1. The fraction of sp³-hybridized carbons (Fsp3) is 0.675. The standard InChI is InChI=1S/C40H61N3O10S2/c41-39(51)29(23-28-17-19-31(44)20-18-28)24-34(45)30-25-35(46)33(27-55-54-26-30)43-37(48)22-21-32(40(52)53)42-36(47)15-13-11-9-7-5-3-1-2-4-6-8-10-12-14-16-38(49)50/h17-20,29-30,32-33,44H,1-16,21-27H2,(H2,41,51)(H,42,47)(H,43,48)(H,49,50)(H,52,53)/t29-,30+,32?,33+/m1/s1. The van der Waals surface area contributed by atoms with Crippen LogP contribution in [-0.2, 0) is 40.0 Å². The van der Waals surface area contributed by atoms with Gasteiger partial charge in [-0.3, -0.25) is 28.8 Å². The number of rotatable bonds is 29. The molecule has 3 amide bonds. The van der Waals surface area contributed by atoms with Crippen molar-refractivity contribution in [2.45, 2.75) is 147 Å². The number of unbranched alkanes of at least 4 members (excludes halogenated alkanes) is 13. The zero-order valence-corrected chi connectivity index (χ0v) is 33.6. The summed E-state index contributed by atoms with van der Waals surface area (Å²) in [5.74, 6) is -4.83. The van der Waals surface area contributed by atoms with Gasteiger partial charge in [-0.25, -0.2) is 4.79 Å². The molecule has 15 heteroatoms. The average Bonchev–Trinajstić information content (AvgIpc) is 3.13. The molecule has 1 aliphatic rings. The van der Waals surface area contributed by atoms with Gasteiger partial charge < -0.3 is 31.7 Å². The van der Waals surface area contributed by atoms with E-state index in [1.54, 1.807) is 12.1 Å². The van der Waals surface area contributed by atoms with E-state index in [1.807, 2.05) is 0 Å². The van der Waals surface area contributed by atoms with Crippen LogP contribution >= 0.6 is 21.6 Å². The first-order chi connectivity index (χ1) is 26.3. The maximum Gasteiger partial charge on any atom is 0.326 e. The zero-order chi connectivity index (χ0) is 40.4. The first kappa shape index (κ1) is 47.6. The van der Waals surface area contributed by atoms with Gasteiger partial charge >= 0.3 is 11.9 Å². The van der Waals surface area contributed by atoms with E-state index < -0.39 is 47.7 Å². The summed E-state index contributed by atoms with van der Waals surface area (Å²) in [4.78, 5) is 86.2. The minimum absolute atomic E-state index is 0.0755. The number of Topliss-reactive ketones (excluding diaryl/α,β-unsaturated/α-hetero) is 2. The number of nitrogens with two attached hydrogens (primary N) is 1. The molecule has 0 aliphatic carbocycles. The quantitative estimate of drug-likeness (QED) is 0.0397. The molecular weight excluding hydrogens is 747 g/mol. The molecule has 308 valence electrons. The first-order valence-corrected chi connectivity index (χ1v) is 22.2. The molecule has 1 aliphatic heterocycles. The Morgan fingerprint density at radius 3 is 1.78 bits per heavy atom. The maximum absolute atomic E-state index is 13.2. The van der Waals surface area contributed by atoms with Gasteiger partial charge in [0.15, 0.2) is 5.78 Å². The van der Waals surface area contributed by atoms with Gasteiger partial charge in [0.1, 0.15) is 17.6 Å². The lowest BCUT2D eigenvalue weighted by molar-refractivity contribution is -0.142. The Balaban J connectivity index is 1.63. The van der Waals surface area contributed by atoms with Crippen LogP contribution < -0.4 is 16.4 Å². The van der Waals surface area contributed by atoms with Gasteiger partial charge in [0.25, 0.3) is 0 Å². The van der Waals surface area contributed by atoms with Gasteiger partial charge in [-0.15, -0.1) is 0 Å². The number of aliphatic carboxylic acids is 2. The van der Waals surface area contributed by atoms with Gasteiger partial charge in [-0.1, -0.05) is 111 Å². The smallest absolute Gasteiger partial charge is 0.326 e. The number of hydrogen-bond donors (Lipinski definition) is 6. The number of aromatic hydroxyl groups is 1. The number of hydrogen-bond acceptors (Lipinski definition) is 10. The number of carboxylic acid groups (broad SMARTS) is 2. The average molecular weight is 808 g/mol. The number of carbonyl (C=O) groups excluding carboxylic acids is 5. The summed E-state index contributed by atoms with van der Waals surface area (Å²) in [7, 11) is 2.74. The van der Waals surface area contributed by atoms with Crippen LogP contribution in [0.15, 0.2) is 24.3 Å². The van der Waals surface area contributed by atoms with Crippen LogP contribution in [0.2, 0.25) is 0 Å². The van der Waals surface area contributed by atoms with Crippen LogP contribution in [0.3, 0.4) is 0 Å². The Hall–Kier alpha value is -3.59. The lowest BCUT2D eigenvalue weighted by atomic mass is 9.87. The maximum atomic E-state index is 13.2. The van der Waals surface area contributed by atoms with Gasteiger partial charge in [-0.05, 0) is 43.4 Å². The summed E-state index contributed by atoms with van der Waals surface area (Å²) in [6, 6.07) is 4.15. The highest BCUT2D eigenvalue weighted by Crippen LogP contribution is 2.31. The van der Waals surface area contributed by atoms with E-state index >= 15 is 0 Å². The van der Waals surface area contributed by atoms with Crippen molar-refractivity contribution in [1.29, 1.82) is 0 Å². The molecule has 0 spiro atoms. The molecule has 1 unspecified atom stereocenters. The van der Waals surface area contributed by atoms with Crippen LogP contribution in [-0.4, -0.2) is 80.1 Å². The predicted molar refractivity (Wildman–Crippen MR) is 214 cm³/mol. The molecule has 1 heterocycles. The molecule has 0 saturated carbocycles. The third-order valence-electron chi connectivity index (χ3n) is 9.82. The van der Waals surface area contributed by atoms with E-state index in [0.717, 1.165) is 50.5 Å². The van der Waals surface area contributed by atoms with Crippen molar-refractivity contribution in [1.82, 2.24) is 10.6 Å². The van der Waals surface area contributed by atoms with Crippen molar-refractivity contribution in [3.63, 3.8) is 0 Å². The molecule has 1 fully saturated rings. The number of benzene rings is 1. The summed E-state index contributed by atoms with van der Waals surface area (Å²) >= 11 is 0. The molecule has 1 aromatic carbocycles. The highest BCUT2D eigenvalue weighted by atomic mass is 33.1. The van der Waals surface area contributed by atoms with Crippen molar-refractivity contribution < 1.29 is 48.9 Å². The second kappa shape index (κ2) is 27.9. The van der Waals surface area contributed by atoms with Crippen molar-refractivity contribution in [3.05, 3.63) is 29.8 Å². The van der Waals surface area contributed by atoms with Crippen LogP contribution in [0, 0.1) is 11.8 Å². The number of amides is 3. The number of primary amides is 1. The molecular formula is C40H61N3O10S2. The van der Waals surface area contributed by atoms with E-state index in [4.69, 9.17) is 10.8 Å². The molecule has 0 radical (unpaired) electrons. The predicted octanol–water partition coefficient (Wildman–Crippen LogP) is 6.13. The second-order valence-corrected chi connectivity index (χ2v) is 17.1. The Bertz CT molecular complexity index is 1380. The van der Waals surface area contributed by atoms with E-state index in [-0.39, 0.29) is 73.9 Å². The van der Waals surface area contributed by atoms with E-state index in [0.29, 0.717) is 12.2 Å². The topological polar surface area (TPSA) is 230 Å². The van der Waals surface area contributed by atoms with Crippen molar-refractivity contribution in [3.8, 4) is 5.75 Å². The molecule has 13 nitrogen and oxygen atoms in total. The van der Waals surface area contributed by atoms with Gasteiger partial charge in [-0.2, -0.15) is 0 Å². The second-order valence-electron chi connectivity index (χ2n) is 14.5. The number of phenolic OH excluding ortho intramolecular Hbond substituents is 1. The zero-order valence-electron chi connectivity index (χ0n) is 32.0. The number of nitrogens with one attached hydrogen (secondary N) is 2. The highest BCUT2D eigenvalue weighted by Gasteiger charge is 2.32. The SMILES string of the molecule is NC(=O)[C@@H](CC(=O)[C@@H]1CSSC[C@H](NC(=O)CCC(NC(=O)CCCCCCCCCCCCCCCCC(=O)O)C(=O)O)C(=O)C1)Cc1ccc(O)cc1. The number of ketones is 2. The highest BCUT2D eigenvalue weighted by molar-refractivity contribution is 8.76. The Morgan fingerprint density at radius 1 is 0.727 bits per heavy atom. The van der Waals surface area contributed by atoms with E-state index in [1.165, 1.54) is 72.2 Å². The minimum Gasteiger partial charge on any atom is -0.508 e. The molecule has 0 bridgehead atoms. The van der Waals surface area contributed by atoms with Crippen LogP contribution in [0.4, 0.5) is 0 Å². The fourth-order valence-electron chi connectivity index (χ4n) is 6.46. The summed E-state index contributed by atoms with van der Waals surface area (Å²) in [5, 5.41) is 33.0. The molecule has 4 atom stereocenters. The minimum atomic E-state index is -1.24. The van der Waals surface area contributed by atoms with E-state index in [2.05, 4.69) is 10.6 Å². The monoisotopic (exact) mass is 807 g/mol. The third kappa shape index (κ3) is 21.9. The Labute approximate surface area is 332 Å². The summed E-state index contributed by atoms with van der Waals surface area (Å²) < 4.78 is 0. The number of carboxylic acids is 2. The summed E-state index contributed by atoms with van der Waals surface area (Å²) in [6.45, 7) is 0. The molecule has 55 heavy (non-hydrogen) atoms. The fourth-order valence-corrected chi connectivity index (χ4v) is 9.00. The van der Waals surface area contributed by atoms with E-state index in [9.17, 15) is 43.8 Å². The van der Waals surface area contributed by atoms with Gasteiger partial charge in [0, 0.05) is 55.4 Å². The van der Waals surface area contributed by atoms with Gasteiger partial charge in [0.2, 0.25) is 17.7 Å². The van der Waals surface area contributed by atoms with Crippen molar-refractivity contribution >= 4 is 62.8 Å². The lowest BCUT2D eigenvalue weighted by Crippen LogP contribution is -2.46. The number of carbonyl (C=O) groups is 7. The van der Waals surface area contributed by atoms with Crippen LogP contribution in [0.5, 0.6) is 5.75 Å². The van der Waals surface area contributed by atoms with Crippen molar-refractivity contribution in [2.75, 3.05) is 11.5 Å². The Kier molecular flexibility index (Phi) is 24.1. The third-order valence-corrected chi connectivity index (χ3v) is 12.3. The summed E-state index contributed by atoms with van der Waals surface area (Å²) in [6.07, 6.45) is 14.9. The molecule has 2 rings (SSSR count). The Morgan fingerprint density at radius 2 is 1.25 bits per heavy atom. The van der Waals surface area contributed by atoms with Crippen LogP contribution in [0.1, 0.15) is 134 Å². The molecule has 0 aromatic heterocycles. The molecule has 1 aromatic rings. The lowest BCUT2D eigenvalue weighted by Gasteiger charge is -2.24. The van der Waals surface area contributed by atoms with Crippen molar-refractivity contribution in [2.24, 2.45) is 17.6 Å². The normalized spacial score (nSPS) is 17.0. The summed E-state index contributed by atoms with van der Waals surface area (Å²) in [5.41, 5.74) is 6.32. The molecule has 7 N–H and O–H groups in total. The van der Waals surface area contributed by atoms with Gasteiger partial charge in [0.05, 0.1) is 6.04 Å². The van der Waals surface area contributed by atoms with Crippen LogP contribution in [0.25, 0.3) is 0 Å². The largest absolute Gasteiger partial charge is 0.508 e. The first-order valence-electron chi connectivity index (χ1n) is 19.8. The molecule has 1 saturated heterocycles.